The fourth-order valence-electron chi connectivity index (χ4n) is 1.24. The Morgan fingerprint density at radius 2 is 2.23 bits per heavy atom. The van der Waals surface area contributed by atoms with Gasteiger partial charge in [0.05, 0.1) is 5.33 Å². The number of carbonyl (C=O) groups is 1. The van der Waals surface area contributed by atoms with E-state index in [2.05, 4.69) is 28.2 Å². The second kappa shape index (κ2) is 8.51. The highest BCUT2D eigenvalue weighted by Crippen LogP contribution is 2.09. The van der Waals surface area contributed by atoms with Gasteiger partial charge < -0.3 is 10.4 Å². The molecule has 78 valence electrons. The largest absolute Gasteiger partial charge is 0.396 e. The van der Waals surface area contributed by atoms with Crippen molar-refractivity contribution < 1.29 is 9.90 Å². The van der Waals surface area contributed by atoms with Crippen LogP contribution in [0.25, 0.3) is 0 Å². The molecule has 3 nitrogen and oxygen atoms in total. The molecule has 0 aromatic heterocycles. The van der Waals surface area contributed by atoms with Crippen LogP contribution >= 0.6 is 15.9 Å². The van der Waals surface area contributed by atoms with E-state index >= 15 is 0 Å². The van der Waals surface area contributed by atoms with Crippen molar-refractivity contribution in [1.29, 1.82) is 0 Å². The molecule has 0 spiro atoms. The minimum atomic E-state index is 0.0130. The van der Waals surface area contributed by atoms with Gasteiger partial charge in [-0.2, -0.15) is 0 Å². The van der Waals surface area contributed by atoms with Crippen molar-refractivity contribution >= 4 is 21.8 Å². The second-order valence-electron chi connectivity index (χ2n) is 3.10. The molecule has 0 saturated carbocycles. The zero-order chi connectivity index (χ0) is 10.1. The Hall–Kier alpha value is -0.0900. The number of hydrogen-bond donors (Lipinski definition) is 2. The molecule has 1 amide bonds. The maximum atomic E-state index is 10.9. The van der Waals surface area contributed by atoms with Gasteiger partial charge in [0, 0.05) is 13.2 Å². The third kappa shape index (κ3) is 7.02. The minimum absolute atomic E-state index is 0.0130. The van der Waals surface area contributed by atoms with Crippen molar-refractivity contribution in [3.05, 3.63) is 0 Å². The Balaban J connectivity index is 3.61. The van der Waals surface area contributed by atoms with Gasteiger partial charge in [-0.25, -0.2) is 0 Å². The zero-order valence-electron chi connectivity index (χ0n) is 8.05. The molecule has 0 fully saturated rings. The Labute approximate surface area is 88.0 Å². The molecular formula is C9H18BrNO2. The quantitative estimate of drug-likeness (QED) is 0.671. The van der Waals surface area contributed by atoms with Gasteiger partial charge >= 0.3 is 0 Å². The normalized spacial score (nSPS) is 12.5. The predicted molar refractivity (Wildman–Crippen MR) is 56.9 cm³/mol. The van der Waals surface area contributed by atoms with Gasteiger partial charge in [-0.3, -0.25) is 4.79 Å². The molecule has 0 bridgehead atoms. The van der Waals surface area contributed by atoms with Crippen LogP contribution in [0.5, 0.6) is 0 Å². The molecule has 13 heavy (non-hydrogen) atoms. The van der Waals surface area contributed by atoms with E-state index in [-0.39, 0.29) is 12.5 Å². The molecule has 1 unspecified atom stereocenters. The SMILES string of the molecule is CCCC(CCO)CNC(=O)CBr. The van der Waals surface area contributed by atoms with Crippen molar-refractivity contribution in [1.82, 2.24) is 5.32 Å². The molecule has 0 radical (unpaired) electrons. The number of aliphatic hydroxyl groups excluding tert-OH is 1. The van der Waals surface area contributed by atoms with E-state index in [0.717, 1.165) is 19.3 Å². The molecule has 0 aromatic carbocycles. The van der Waals surface area contributed by atoms with E-state index in [4.69, 9.17) is 5.11 Å². The molecular weight excluding hydrogens is 234 g/mol. The van der Waals surface area contributed by atoms with E-state index in [9.17, 15) is 4.79 Å². The van der Waals surface area contributed by atoms with Crippen molar-refractivity contribution in [3.63, 3.8) is 0 Å². The minimum Gasteiger partial charge on any atom is -0.396 e. The third-order valence-corrected chi connectivity index (χ3v) is 2.45. The molecule has 4 heteroatoms. The van der Waals surface area contributed by atoms with Gasteiger partial charge in [-0.15, -0.1) is 0 Å². The third-order valence-electron chi connectivity index (χ3n) is 1.94. The topological polar surface area (TPSA) is 49.3 Å². The van der Waals surface area contributed by atoms with Crippen molar-refractivity contribution in [2.24, 2.45) is 5.92 Å². The standard InChI is InChI=1S/C9H18BrNO2/c1-2-3-8(4-5-12)7-11-9(13)6-10/h8,12H,2-7H2,1H3,(H,11,13). The summed E-state index contributed by atoms with van der Waals surface area (Å²) in [5.41, 5.74) is 0. The Bertz CT molecular complexity index is 136. The number of carbonyl (C=O) groups excluding carboxylic acids is 1. The highest BCUT2D eigenvalue weighted by Gasteiger charge is 2.08. The van der Waals surface area contributed by atoms with Crippen molar-refractivity contribution in [3.8, 4) is 0 Å². The lowest BCUT2D eigenvalue weighted by molar-refractivity contribution is -0.118. The van der Waals surface area contributed by atoms with Gasteiger partial charge in [0.2, 0.25) is 5.91 Å². The summed E-state index contributed by atoms with van der Waals surface area (Å²) in [6, 6.07) is 0. The first-order chi connectivity index (χ1) is 6.24. The summed E-state index contributed by atoms with van der Waals surface area (Å²) >= 11 is 3.08. The lowest BCUT2D eigenvalue weighted by Crippen LogP contribution is -2.30. The van der Waals surface area contributed by atoms with E-state index in [0.29, 0.717) is 17.8 Å². The molecule has 2 N–H and O–H groups in total. The summed E-state index contributed by atoms with van der Waals surface area (Å²) in [6.45, 7) is 2.99. The lowest BCUT2D eigenvalue weighted by atomic mass is 10.0. The highest BCUT2D eigenvalue weighted by atomic mass is 79.9. The van der Waals surface area contributed by atoms with Crippen LogP contribution in [0.4, 0.5) is 0 Å². The molecule has 0 saturated heterocycles. The summed E-state index contributed by atoms with van der Waals surface area (Å²) < 4.78 is 0. The molecule has 0 aliphatic carbocycles. The molecule has 1 atom stereocenters. The van der Waals surface area contributed by atoms with Crippen molar-refractivity contribution in [2.45, 2.75) is 26.2 Å². The number of rotatable bonds is 7. The lowest BCUT2D eigenvalue weighted by Gasteiger charge is -2.14. The fourth-order valence-corrected chi connectivity index (χ4v) is 1.44. The van der Waals surface area contributed by atoms with E-state index in [1.165, 1.54) is 0 Å². The summed E-state index contributed by atoms with van der Waals surface area (Å²) in [6.07, 6.45) is 2.92. The molecule has 0 aromatic rings. The first-order valence-corrected chi connectivity index (χ1v) is 5.80. The van der Waals surface area contributed by atoms with Crippen LogP contribution in [-0.2, 0) is 4.79 Å². The Morgan fingerprint density at radius 1 is 1.54 bits per heavy atom. The molecule has 0 aliphatic heterocycles. The second-order valence-corrected chi connectivity index (χ2v) is 3.67. The summed E-state index contributed by atoms with van der Waals surface area (Å²) in [5, 5.41) is 11.9. The van der Waals surface area contributed by atoms with Crippen LogP contribution < -0.4 is 5.32 Å². The summed E-state index contributed by atoms with van der Waals surface area (Å²) in [7, 11) is 0. The fraction of sp³-hybridized carbons (Fsp3) is 0.889. The van der Waals surface area contributed by atoms with Crippen LogP contribution in [-0.4, -0.2) is 29.5 Å². The summed E-state index contributed by atoms with van der Waals surface area (Å²) in [4.78, 5) is 10.9. The van der Waals surface area contributed by atoms with E-state index in [1.807, 2.05) is 0 Å². The number of halogens is 1. The van der Waals surface area contributed by atoms with Gasteiger partial charge in [-0.05, 0) is 18.8 Å². The van der Waals surface area contributed by atoms with Crippen LogP contribution in [0, 0.1) is 5.92 Å². The monoisotopic (exact) mass is 251 g/mol. The van der Waals surface area contributed by atoms with Gasteiger partial charge in [0.15, 0.2) is 0 Å². The molecule has 0 heterocycles. The molecule has 0 rings (SSSR count). The van der Waals surface area contributed by atoms with Crippen LogP contribution in [0.2, 0.25) is 0 Å². The summed E-state index contributed by atoms with van der Waals surface area (Å²) in [5.74, 6) is 0.428. The average molecular weight is 252 g/mol. The predicted octanol–water partition coefficient (Wildman–Crippen LogP) is 1.30. The van der Waals surface area contributed by atoms with Crippen LogP contribution in [0.1, 0.15) is 26.2 Å². The van der Waals surface area contributed by atoms with Gasteiger partial charge in [-0.1, -0.05) is 29.3 Å². The van der Waals surface area contributed by atoms with E-state index < -0.39 is 0 Å². The van der Waals surface area contributed by atoms with Crippen LogP contribution in [0.15, 0.2) is 0 Å². The smallest absolute Gasteiger partial charge is 0.230 e. The highest BCUT2D eigenvalue weighted by molar-refractivity contribution is 9.09. The Morgan fingerprint density at radius 3 is 2.69 bits per heavy atom. The number of hydrogen-bond acceptors (Lipinski definition) is 2. The molecule has 0 aliphatic rings. The van der Waals surface area contributed by atoms with Crippen molar-refractivity contribution in [2.75, 3.05) is 18.5 Å². The number of nitrogens with one attached hydrogen (secondary N) is 1. The van der Waals surface area contributed by atoms with Crippen LogP contribution in [0.3, 0.4) is 0 Å². The van der Waals surface area contributed by atoms with Gasteiger partial charge in [0.1, 0.15) is 0 Å². The number of aliphatic hydroxyl groups is 1. The number of amides is 1. The maximum Gasteiger partial charge on any atom is 0.230 e. The van der Waals surface area contributed by atoms with E-state index in [1.54, 1.807) is 0 Å². The first-order valence-electron chi connectivity index (χ1n) is 4.68. The zero-order valence-corrected chi connectivity index (χ0v) is 9.64. The van der Waals surface area contributed by atoms with Gasteiger partial charge in [0.25, 0.3) is 0 Å². The average Bonchev–Trinajstić information content (AvgIpc) is 2.14. The maximum absolute atomic E-state index is 10.9. The number of alkyl halides is 1. The Kier molecular flexibility index (Phi) is 8.45. The first kappa shape index (κ1) is 12.9.